The van der Waals surface area contributed by atoms with Gasteiger partial charge in [0.25, 0.3) is 0 Å². The zero-order valence-electron chi connectivity index (χ0n) is 8.29. The zero-order valence-corrected chi connectivity index (χ0v) is 9.10. The molecule has 0 saturated heterocycles. The number of nitrogens with one attached hydrogen (secondary N) is 1. The van der Waals surface area contributed by atoms with E-state index in [2.05, 4.69) is 18.3 Å². The van der Waals surface area contributed by atoms with Crippen LogP contribution >= 0.6 is 11.8 Å². The molecule has 0 aromatic carbocycles. The Bertz CT molecular complexity index is 158. The molecule has 3 nitrogen and oxygen atoms in total. The summed E-state index contributed by atoms with van der Waals surface area (Å²) in [6.07, 6.45) is 1.70. The molecular formula is C9H18N2OS. The van der Waals surface area contributed by atoms with Crippen LogP contribution < -0.4 is 5.32 Å². The van der Waals surface area contributed by atoms with E-state index in [1.165, 1.54) is 0 Å². The summed E-state index contributed by atoms with van der Waals surface area (Å²) in [5.74, 6) is 0.972. The number of hydrogen-bond donors (Lipinski definition) is 2. The third-order valence-corrected chi connectivity index (χ3v) is 3.12. The largest absolute Gasteiger partial charge is 0.396 e. The van der Waals surface area contributed by atoms with Gasteiger partial charge in [0, 0.05) is 11.9 Å². The lowest BCUT2D eigenvalue weighted by Gasteiger charge is -2.11. The molecule has 0 rings (SSSR count). The van der Waals surface area contributed by atoms with E-state index >= 15 is 0 Å². The van der Waals surface area contributed by atoms with Crippen molar-refractivity contribution in [2.24, 2.45) is 0 Å². The normalized spacial score (nSPS) is 14.9. The van der Waals surface area contributed by atoms with E-state index in [1.54, 1.807) is 7.05 Å². The summed E-state index contributed by atoms with van der Waals surface area (Å²) in [5.41, 5.74) is 0. The summed E-state index contributed by atoms with van der Waals surface area (Å²) in [7, 11) is 1.80. The molecule has 0 radical (unpaired) electrons. The van der Waals surface area contributed by atoms with Crippen LogP contribution in [-0.2, 0) is 0 Å². The van der Waals surface area contributed by atoms with Crippen LogP contribution in [0.15, 0.2) is 0 Å². The maximum absolute atomic E-state index is 8.66. The molecule has 2 atom stereocenters. The first-order valence-electron chi connectivity index (χ1n) is 4.54. The van der Waals surface area contributed by atoms with Crippen LogP contribution in [-0.4, -0.2) is 35.8 Å². The Hall–Kier alpha value is -0.240. The first kappa shape index (κ1) is 12.8. The quantitative estimate of drug-likeness (QED) is 0.646. The van der Waals surface area contributed by atoms with Crippen molar-refractivity contribution in [2.45, 2.75) is 31.1 Å². The van der Waals surface area contributed by atoms with Gasteiger partial charge >= 0.3 is 0 Å². The zero-order chi connectivity index (χ0) is 10.1. The van der Waals surface area contributed by atoms with Crippen LogP contribution in [0.2, 0.25) is 0 Å². The van der Waals surface area contributed by atoms with E-state index in [-0.39, 0.29) is 12.6 Å². The lowest BCUT2D eigenvalue weighted by atomic mass is 10.3. The molecule has 76 valence electrons. The number of rotatable bonds is 7. The van der Waals surface area contributed by atoms with Gasteiger partial charge in [-0.1, -0.05) is 6.92 Å². The molecule has 13 heavy (non-hydrogen) atoms. The minimum atomic E-state index is -0.0335. The van der Waals surface area contributed by atoms with Crippen molar-refractivity contribution in [2.75, 3.05) is 19.4 Å². The van der Waals surface area contributed by atoms with Gasteiger partial charge in [-0.15, -0.1) is 0 Å². The topological polar surface area (TPSA) is 56.0 Å². The molecule has 0 aromatic rings. The Morgan fingerprint density at radius 2 is 2.23 bits per heavy atom. The third kappa shape index (κ3) is 6.88. The van der Waals surface area contributed by atoms with Gasteiger partial charge in [-0.3, -0.25) is 0 Å². The predicted octanol–water partition coefficient (Wildman–Crippen LogP) is 0.992. The molecule has 0 amide bonds. The summed E-state index contributed by atoms with van der Waals surface area (Å²) in [5, 5.41) is 20.7. The lowest BCUT2D eigenvalue weighted by Crippen LogP contribution is -2.23. The minimum absolute atomic E-state index is 0.0335. The summed E-state index contributed by atoms with van der Waals surface area (Å²) in [6, 6.07) is 2.15. The maximum Gasteiger partial charge on any atom is 0.0958 e. The fourth-order valence-corrected chi connectivity index (χ4v) is 1.97. The molecule has 2 N–H and O–H groups in total. The molecule has 0 fully saturated rings. The highest BCUT2D eigenvalue weighted by Gasteiger charge is 2.05. The molecular weight excluding hydrogens is 184 g/mol. The molecule has 0 aliphatic rings. The van der Waals surface area contributed by atoms with Crippen LogP contribution in [0.1, 0.15) is 19.8 Å². The fraction of sp³-hybridized carbons (Fsp3) is 0.889. The van der Waals surface area contributed by atoms with Gasteiger partial charge < -0.3 is 10.4 Å². The number of thioether (sulfide) groups is 1. The van der Waals surface area contributed by atoms with Crippen LogP contribution in [0.25, 0.3) is 0 Å². The average molecular weight is 202 g/mol. The Morgan fingerprint density at radius 3 is 2.69 bits per heavy atom. The van der Waals surface area contributed by atoms with Gasteiger partial charge in [0.05, 0.1) is 12.1 Å². The first-order chi connectivity index (χ1) is 6.24. The Balaban J connectivity index is 3.38. The van der Waals surface area contributed by atoms with Gasteiger partial charge in [-0.25, -0.2) is 0 Å². The van der Waals surface area contributed by atoms with Crippen molar-refractivity contribution < 1.29 is 5.11 Å². The van der Waals surface area contributed by atoms with Crippen LogP contribution in [0.4, 0.5) is 0 Å². The molecule has 0 heterocycles. The predicted molar refractivity (Wildman–Crippen MR) is 56.7 cm³/mol. The summed E-state index contributed by atoms with van der Waals surface area (Å²) in [6.45, 7) is 2.35. The van der Waals surface area contributed by atoms with Gasteiger partial charge in [-0.2, -0.15) is 17.0 Å². The monoisotopic (exact) mass is 202 g/mol. The number of aliphatic hydroxyl groups excluding tert-OH is 1. The van der Waals surface area contributed by atoms with Gasteiger partial charge in [0.1, 0.15) is 0 Å². The Labute approximate surface area is 84.5 Å². The summed E-state index contributed by atoms with van der Waals surface area (Å²) in [4.78, 5) is 0. The molecule has 0 spiro atoms. The minimum Gasteiger partial charge on any atom is -0.396 e. The molecule has 4 heteroatoms. The van der Waals surface area contributed by atoms with Crippen LogP contribution in [0, 0.1) is 11.3 Å². The summed E-state index contributed by atoms with van der Waals surface area (Å²) >= 11 is 1.81. The van der Waals surface area contributed by atoms with Crippen molar-refractivity contribution in [1.29, 1.82) is 5.26 Å². The van der Waals surface area contributed by atoms with Crippen LogP contribution in [0.3, 0.4) is 0 Å². The number of hydrogen-bond acceptors (Lipinski definition) is 4. The second-order valence-corrected chi connectivity index (χ2v) is 4.50. The molecule has 0 aliphatic heterocycles. The average Bonchev–Trinajstić information content (AvgIpc) is 2.13. The standard InChI is InChI=1S/C9H18N2OS/c1-8(3-5-12)13-6-4-9(7-10)11-2/h8-9,11-12H,3-6H2,1-2H3. The maximum atomic E-state index is 8.66. The SMILES string of the molecule is CNC(C#N)CCSC(C)CCO. The van der Waals surface area contributed by atoms with E-state index in [4.69, 9.17) is 10.4 Å². The number of aliphatic hydroxyl groups is 1. The Kier molecular flexibility index (Phi) is 8.21. The van der Waals surface area contributed by atoms with E-state index in [0.717, 1.165) is 18.6 Å². The van der Waals surface area contributed by atoms with E-state index in [0.29, 0.717) is 5.25 Å². The molecule has 0 saturated carbocycles. The third-order valence-electron chi connectivity index (χ3n) is 1.85. The smallest absolute Gasteiger partial charge is 0.0958 e. The second-order valence-electron chi connectivity index (χ2n) is 2.95. The van der Waals surface area contributed by atoms with E-state index < -0.39 is 0 Å². The van der Waals surface area contributed by atoms with E-state index in [9.17, 15) is 0 Å². The lowest BCUT2D eigenvalue weighted by molar-refractivity contribution is 0.289. The highest BCUT2D eigenvalue weighted by Crippen LogP contribution is 2.15. The highest BCUT2D eigenvalue weighted by molar-refractivity contribution is 7.99. The first-order valence-corrected chi connectivity index (χ1v) is 5.58. The second kappa shape index (κ2) is 8.36. The van der Waals surface area contributed by atoms with Crippen molar-refractivity contribution >= 4 is 11.8 Å². The number of nitrogens with zero attached hydrogens (tertiary/aromatic N) is 1. The fourth-order valence-electron chi connectivity index (χ4n) is 0.926. The van der Waals surface area contributed by atoms with E-state index in [1.807, 2.05) is 11.8 Å². The van der Waals surface area contributed by atoms with Gasteiger partial charge in [-0.05, 0) is 25.6 Å². The van der Waals surface area contributed by atoms with Crippen molar-refractivity contribution in [1.82, 2.24) is 5.32 Å². The van der Waals surface area contributed by atoms with Crippen LogP contribution in [0.5, 0.6) is 0 Å². The Morgan fingerprint density at radius 1 is 1.54 bits per heavy atom. The van der Waals surface area contributed by atoms with Crippen molar-refractivity contribution in [3.63, 3.8) is 0 Å². The molecule has 0 bridgehead atoms. The van der Waals surface area contributed by atoms with Crippen molar-refractivity contribution in [3.8, 4) is 6.07 Å². The number of nitriles is 1. The van der Waals surface area contributed by atoms with Crippen molar-refractivity contribution in [3.05, 3.63) is 0 Å². The molecule has 0 aliphatic carbocycles. The van der Waals surface area contributed by atoms with Gasteiger partial charge in [0.2, 0.25) is 0 Å². The summed E-state index contributed by atoms with van der Waals surface area (Å²) < 4.78 is 0. The highest BCUT2D eigenvalue weighted by atomic mass is 32.2. The molecule has 2 unspecified atom stereocenters. The molecule has 0 aromatic heterocycles. The van der Waals surface area contributed by atoms with Gasteiger partial charge in [0.15, 0.2) is 0 Å².